The summed E-state index contributed by atoms with van der Waals surface area (Å²) in [6.07, 6.45) is 3.90. The highest BCUT2D eigenvalue weighted by atomic mass is 79.9. The first-order chi connectivity index (χ1) is 8.11. The van der Waals surface area contributed by atoms with E-state index in [0.717, 1.165) is 4.47 Å². The summed E-state index contributed by atoms with van der Waals surface area (Å²) >= 11 is 3.40. The van der Waals surface area contributed by atoms with Gasteiger partial charge in [0.15, 0.2) is 0 Å². The van der Waals surface area contributed by atoms with Gasteiger partial charge in [0.2, 0.25) is 0 Å². The normalized spacial score (nSPS) is 13.0. The van der Waals surface area contributed by atoms with Crippen molar-refractivity contribution < 1.29 is 5.11 Å². The molecule has 0 radical (unpaired) electrons. The van der Waals surface area contributed by atoms with Crippen molar-refractivity contribution in [3.8, 4) is 0 Å². The zero-order valence-corrected chi connectivity index (χ0v) is 11.2. The van der Waals surface area contributed by atoms with Crippen LogP contribution in [0, 0.1) is 0 Å². The first kappa shape index (κ1) is 12.2. The molecular formula is C11H13BrN4O. The second kappa shape index (κ2) is 4.93. The minimum Gasteiger partial charge on any atom is -0.380 e. The van der Waals surface area contributed by atoms with E-state index in [-0.39, 0.29) is 6.04 Å². The molecule has 0 fully saturated rings. The van der Waals surface area contributed by atoms with Gasteiger partial charge in [0.05, 0.1) is 22.1 Å². The minimum atomic E-state index is -0.808. The van der Waals surface area contributed by atoms with Crippen LogP contribution in [0.3, 0.4) is 0 Å². The third-order valence-corrected chi connectivity index (χ3v) is 3.03. The Bertz CT molecular complexity index is 497. The molecule has 2 rings (SSSR count). The van der Waals surface area contributed by atoms with Crippen LogP contribution in [0.1, 0.15) is 37.4 Å². The molecule has 6 heteroatoms. The monoisotopic (exact) mass is 296 g/mol. The SMILES string of the molecule is CC(C)n1ncc(Br)c1C(O)c1ccncn1. The summed E-state index contributed by atoms with van der Waals surface area (Å²) in [6, 6.07) is 1.86. The summed E-state index contributed by atoms with van der Waals surface area (Å²) in [6.45, 7) is 4.02. The molecule has 1 N–H and O–H groups in total. The van der Waals surface area contributed by atoms with Crippen molar-refractivity contribution in [3.05, 3.63) is 40.6 Å². The second-order valence-corrected chi connectivity index (χ2v) is 4.81. The maximum Gasteiger partial charge on any atom is 0.139 e. The van der Waals surface area contributed by atoms with Crippen LogP contribution in [0.15, 0.2) is 29.3 Å². The van der Waals surface area contributed by atoms with E-state index >= 15 is 0 Å². The van der Waals surface area contributed by atoms with Crippen LogP contribution < -0.4 is 0 Å². The van der Waals surface area contributed by atoms with Crippen LogP contribution in [-0.2, 0) is 0 Å². The van der Waals surface area contributed by atoms with E-state index in [1.807, 2.05) is 13.8 Å². The number of hydrogen-bond donors (Lipinski definition) is 1. The molecule has 0 aliphatic heterocycles. The number of aliphatic hydroxyl groups excluding tert-OH is 1. The standard InChI is InChI=1S/C11H13BrN4O/c1-7(2)16-10(8(12)5-15-16)11(17)9-3-4-13-6-14-9/h3-7,11,17H,1-2H3. The van der Waals surface area contributed by atoms with Gasteiger partial charge in [-0.1, -0.05) is 0 Å². The highest BCUT2D eigenvalue weighted by Gasteiger charge is 2.21. The van der Waals surface area contributed by atoms with Crippen LogP contribution in [0.2, 0.25) is 0 Å². The zero-order valence-electron chi connectivity index (χ0n) is 9.58. The predicted molar refractivity (Wildman–Crippen MR) is 66.4 cm³/mol. The first-order valence-electron chi connectivity index (χ1n) is 5.28. The van der Waals surface area contributed by atoms with Gasteiger partial charge < -0.3 is 5.11 Å². The van der Waals surface area contributed by atoms with Gasteiger partial charge in [-0.2, -0.15) is 5.10 Å². The predicted octanol–water partition coefficient (Wildman–Crippen LogP) is 2.10. The van der Waals surface area contributed by atoms with Gasteiger partial charge in [-0.25, -0.2) is 9.97 Å². The number of aromatic nitrogens is 4. The average Bonchev–Trinajstić information content (AvgIpc) is 2.71. The maximum atomic E-state index is 10.3. The number of rotatable bonds is 3. The van der Waals surface area contributed by atoms with Crippen LogP contribution in [0.25, 0.3) is 0 Å². The summed E-state index contributed by atoms with van der Waals surface area (Å²) in [5.41, 5.74) is 1.27. The zero-order chi connectivity index (χ0) is 12.4. The third kappa shape index (κ3) is 2.37. The Kier molecular flexibility index (Phi) is 3.54. The van der Waals surface area contributed by atoms with Crippen molar-refractivity contribution in [1.29, 1.82) is 0 Å². The molecule has 90 valence electrons. The quantitative estimate of drug-likeness (QED) is 0.942. The Morgan fingerprint density at radius 3 is 2.76 bits per heavy atom. The van der Waals surface area contributed by atoms with E-state index < -0.39 is 6.10 Å². The molecule has 0 spiro atoms. The molecule has 1 unspecified atom stereocenters. The molecule has 0 aliphatic rings. The van der Waals surface area contributed by atoms with E-state index in [4.69, 9.17) is 0 Å². The molecule has 0 saturated heterocycles. The molecule has 0 aromatic carbocycles. The third-order valence-electron chi connectivity index (χ3n) is 2.42. The van der Waals surface area contributed by atoms with Crippen molar-refractivity contribution in [1.82, 2.24) is 19.7 Å². The molecule has 2 heterocycles. The lowest BCUT2D eigenvalue weighted by atomic mass is 10.1. The summed E-state index contributed by atoms with van der Waals surface area (Å²) < 4.78 is 2.55. The van der Waals surface area contributed by atoms with Gasteiger partial charge in [-0.3, -0.25) is 4.68 Å². The van der Waals surface area contributed by atoms with E-state index in [0.29, 0.717) is 11.4 Å². The van der Waals surface area contributed by atoms with Gasteiger partial charge in [0, 0.05) is 12.2 Å². The Labute approximate surface area is 108 Å². The molecule has 0 bridgehead atoms. The Balaban J connectivity index is 2.43. The minimum absolute atomic E-state index is 0.174. The van der Waals surface area contributed by atoms with Crippen LogP contribution in [0.5, 0.6) is 0 Å². The largest absolute Gasteiger partial charge is 0.380 e. The fourth-order valence-electron chi connectivity index (χ4n) is 1.62. The fraction of sp³-hybridized carbons (Fsp3) is 0.364. The van der Waals surface area contributed by atoms with Gasteiger partial charge >= 0.3 is 0 Å². The summed E-state index contributed by atoms with van der Waals surface area (Å²) in [7, 11) is 0. The van der Waals surface area contributed by atoms with Crippen molar-refractivity contribution in [2.75, 3.05) is 0 Å². The summed E-state index contributed by atoms with van der Waals surface area (Å²) in [5.74, 6) is 0. The number of hydrogen-bond acceptors (Lipinski definition) is 4. The topological polar surface area (TPSA) is 63.8 Å². The van der Waals surface area contributed by atoms with Crippen molar-refractivity contribution in [2.24, 2.45) is 0 Å². The molecule has 17 heavy (non-hydrogen) atoms. The number of nitrogens with zero attached hydrogens (tertiary/aromatic N) is 4. The summed E-state index contributed by atoms with van der Waals surface area (Å²) in [5, 5.41) is 14.5. The molecule has 1 atom stereocenters. The van der Waals surface area contributed by atoms with Gasteiger partial charge in [0.1, 0.15) is 12.4 Å². The Hall–Kier alpha value is -1.27. The van der Waals surface area contributed by atoms with Crippen LogP contribution in [-0.4, -0.2) is 24.9 Å². The fourth-order valence-corrected chi connectivity index (χ4v) is 2.11. The number of aliphatic hydroxyl groups is 1. The Morgan fingerprint density at radius 2 is 2.18 bits per heavy atom. The van der Waals surface area contributed by atoms with E-state index in [9.17, 15) is 5.11 Å². The molecular weight excluding hydrogens is 284 g/mol. The molecule has 0 aliphatic carbocycles. The molecule has 0 saturated carbocycles. The smallest absolute Gasteiger partial charge is 0.139 e. The van der Waals surface area contributed by atoms with Gasteiger partial charge in [-0.15, -0.1) is 0 Å². The maximum absolute atomic E-state index is 10.3. The first-order valence-corrected chi connectivity index (χ1v) is 6.07. The lowest BCUT2D eigenvalue weighted by Gasteiger charge is -2.16. The van der Waals surface area contributed by atoms with Gasteiger partial charge in [0.25, 0.3) is 0 Å². The lowest BCUT2D eigenvalue weighted by molar-refractivity contribution is 0.199. The van der Waals surface area contributed by atoms with E-state index in [1.165, 1.54) is 6.33 Å². The van der Waals surface area contributed by atoms with Crippen molar-refractivity contribution in [2.45, 2.75) is 26.0 Å². The van der Waals surface area contributed by atoms with Gasteiger partial charge in [-0.05, 0) is 35.8 Å². The Morgan fingerprint density at radius 1 is 1.41 bits per heavy atom. The van der Waals surface area contributed by atoms with Crippen molar-refractivity contribution in [3.63, 3.8) is 0 Å². The second-order valence-electron chi connectivity index (χ2n) is 3.95. The molecule has 2 aromatic rings. The van der Waals surface area contributed by atoms with Crippen molar-refractivity contribution >= 4 is 15.9 Å². The van der Waals surface area contributed by atoms with Crippen LogP contribution >= 0.6 is 15.9 Å². The highest BCUT2D eigenvalue weighted by Crippen LogP contribution is 2.29. The van der Waals surface area contributed by atoms with E-state index in [1.54, 1.807) is 23.1 Å². The highest BCUT2D eigenvalue weighted by molar-refractivity contribution is 9.10. The van der Waals surface area contributed by atoms with Crippen LogP contribution in [0.4, 0.5) is 0 Å². The molecule has 2 aromatic heterocycles. The van der Waals surface area contributed by atoms with E-state index in [2.05, 4.69) is 31.0 Å². The average molecular weight is 297 g/mol. The molecule has 0 amide bonds. The molecule has 5 nitrogen and oxygen atoms in total. The summed E-state index contributed by atoms with van der Waals surface area (Å²) in [4.78, 5) is 7.89. The lowest BCUT2D eigenvalue weighted by Crippen LogP contribution is -2.13. The number of halogens is 1.